The molecule has 0 aliphatic carbocycles. The first-order valence-electron chi connectivity index (χ1n) is 9.81. The molecule has 1 unspecified atom stereocenters. The zero-order valence-corrected chi connectivity index (χ0v) is 15.8. The van der Waals surface area contributed by atoms with Gasteiger partial charge in [0.15, 0.2) is 0 Å². The van der Waals surface area contributed by atoms with Crippen LogP contribution in [0.5, 0.6) is 0 Å². The van der Waals surface area contributed by atoms with Crippen molar-refractivity contribution < 1.29 is 9.90 Å². The molecule has 2 atom stereocenters. The number of rotatable bonds is 9. The van der Waals surface area contributed by atoms with Crippen LogP contribution >= 0.6 is 0 Å². The Kier molecular flexibility index (Phi) is 8.20. The molecule has 1 aliphatic heterocycles. The van der Waals surface area contributed by atoms with Gasteiger partial charge in [-0.3, -0.25) is 4.79 Å². The van der Waals surface area contributed by atoms with Gasteiger partial charge in [0.25, 0.3) is 0 Å². The zero-order chi connectivity index (χ0) is 18.1. The van der Waals surface area contributed by atoms with Crippen molar-refractivity contribution in [1.82, 2.24) is 4.90 Å². The highest BCUT2D eigenvalue weighted by atomic mass is 16.3. The van der Waals surface area contributed by atoms with E-state index >= 15 is 0 Å². The average molecular weight is 344 g/mol. The fraction of sp³-hybridized carbons (Fsp3) is 0.591. The molecule has 2 rings (SSSR count). The molecule has 1 N–H and O–H groups in total. The molecule has 0 bridgehead atoms. The number of aliphatic hydroxyl groups is 1. The third kappa shape index (κ3) is 6.32. The van der Waals surface area contributed by atoms with Crippen molar-refractivity contribution in [3.8, 4) is 0 Å². The van der Waals surface area contributed by atoms with Crippen molar-refractivity contribution >= 4 is 5.91 Å². The van der Waals surface area contributed by atoms with Crippen LogP contribution in [0.3, 0.4) is 0 Å². The first kappa shape index (κ1) is 19.7. The Bertz CT molecular complexity index is 552. The lowest BCUT2D eigenvalue weighted by molar-refractivity contribution is -0.135. The van der Waals surface area contributed by atoms with E-state index < -0.39 is 6.10 Å². The SMILES string of the molecule is CCCCCCN1C(=O)CCC[C@@H]1/C(C)=C/C(O)Cc1ccccc1. The number of hydrogen-bond donors (Lipinski definition) is 1. The fourth-order valence-corrected chi connectivity index (χ4v) is 3.71. The lowest BCUT2D eigenvalue weighted by Crippen LogP contribution is -2.45. The maximum Gasteiger partial charge on any atom is 0.223 e. The highest BCUT2D eigenvalue weighted by molar-refractivity contribution is 5.77. The minimum absolute atomic E-state index is 0.160. The van der Waals surface area contributed by atoms with E-state index in [1.54, 1.807) is 0 Å². The maximum atomic E-state index is 12.4. The van der Waals surface area contributed by atoms with E-state index in [2.05, 4.69) is 18.7 Å². The van der Waals surface area contributed by atoms with Crippen LogP contribution in [0.4, 0.5) is 0 Å². The van der Waals surface area contributed by atoms with Crippen LogP contribution in [-0.4, -0.2) is 34.6 Å². The van der Waals surface area contributed by atoms with Crippen molar-refractivity contribution in [3.63, 3.8) is 0 Å². The summed E-state index contributed by atoms with van der Waals surface area (Å²) in [6, 6.07) is 10.2. The summed E-state index contributed by atoms with van der Waals surface area (Å²) < 4.78 is 0. The topological polar surface area (TPSA) is 40.5 Å². The first-order valence-corrected chi connectivity index (χ1v) is 9.81. The predicted octanol–water partition coefficient (Wildman–Crippen LogP) is 4.50. The molecular formula is C22H33NO2. The third-order valence-electron chi connectivity index (χ3n) is 5.09. The zero-order valence-electron chi connectivity index (χ0n) is 15.8. The Labute approximate surface area is 152 Å². The second-order valence-electron chi connectivity index (χ2n) is 7.22. The molecule has 1 amide bonds. The van der Waals surface area contributed by atoms with Crippen LogP contribution in [0, 0.1) is 0 Å². The Morgan fingerprint density at radius 3 is 2.76 bits per heavy atom. The smallest absolute Gasteiger partial charge is 0.223 e. The molecule has 3 heteroatoms. The van der Waals surface area contributed by atoms with Gasteiger partial charge >= 0.3 is 0 Å². The normalized spacial score (nSPS) is 20.0. The number of amides is 1. The highest BCUT2D eigenvalue weighted by Gasteiger charge is 2.28. The summed E-state index contributed by atoms with van der Waals surface area (Å²) in [7, 11) is 0. The molecule has 25 heavy (non-hydrogen) atoms. The van der Waals surface area contributed by atoms with Crippen molar-refractivity contribution in [2.75, 3.05) is 6.54 Å². The quantitative estimate of drug-likeness (QED) is 0.530. The molecule has 1 fully saturated rings. The van der Waals surface area contributed by atoms with Crippen molar-refractivity contribution in [1.29, 1.82) is 0 Å². The summed E-state index contributed by atoms with van der Waals surface area (Å²) in [4.78, 5) is 14.4. The predicted molar refractivity (Wildman–Crippen MR) is 103 cm³/mol. The van der Waals surface area contributed by atoms with Crippen LogP contribution < -0.4 is 0 Å². The van der Waals surface area contributed by atoms with E-state index in [9.17, 15) is 9.90 Å². The Morgan fingerprint density at radius 2 is 2.04 bits per heavy atom. The molecule has 1 heterocycles. The van der Waals surface area contributed by atoms with Crippen molar-refractivity contribution in [3.05, 3.63) is 47.5 Å². The molecule has 0 aromatic heterocycles. The van der Waals surface area contributed by atoms with Crippen LogP contribution in [0.2, 0.25) is 0 Å². The van der Waals surface area contributed by atoms with Gasteiger partial charge in [-0.15, -0.1) is 0 Å². The minimum atomic E-state index is -0.499. The monoisotopic (exact) mass is 343 g/mol. The summed E-state index contributed by atoms with van der Waals surface area (Å²) in [5, 5.41) is 10.4. The number of carbonyl (C=O) groups excluding carboxylic acids is 1. The highest BCUT2D eigenvalue weighted by Crippen LogP contribution is 2.25. The fourth-order valence-electron chi connectivity index (χ4n) is 3.71. The number of aliphatic hydroxyl groups excluding tert-OH is 1. The summed E-state index contributed by atoms with van der Waals surface area (Å²) in [5.74, 6) is 0.276. The summed E-state index contributed by atoms with van der Waals surface area (Å²) in [5.41, 5.74) is 2.27. The Balaban J connectivity index is 1.97. The van der Waals surface area contributed by atoms with Gasteiger partial charge in [0.05, 0.1) is 12.1 Å². The van der Waals surface area contributed by atoms with E-state index in [0.717, 1.165) is 36.9 Å². The molecule has 0 radical (unpaired) electrons. The number of benzene rings is 1. The summed E-state index contributed by atoms with van der Waals surface area (Å²) in [6.45, 7) is 5.12. The lowest BCUT2D eigenvalue weighted by atomic mass is 9.93. The Morgan fingerprint density at radius 1 is 1.28 bits per heavy atom. The van der Waals surface area contributed by atoms with E-state index in [1.807, 2.05) is 36.4 Å². The Hall–Kier alpha value is -1.61. The van der Waals surface area contributed by atoms with Gasteiger partial charge in [0.1, 0.15) is 0 Å². The van der Waals surface area contributed by atoms with Gasteiger partial charge in [0, 0.05) is 19.4 Å². The standard InChI is InChI=1S/C22H33NO2/c1-3-4-5-9-15-23-21(13-10-14-22(23)25)18(2)16-20(24)17-19-11-7-6-8-12-19/h6-8,11-12,16,20-21,24H,3-5,9-10,13-15,17H2,1-2H3/b18-16+/t20?,21-/m1/s1. The van der Waals surface area contributed by atoms with Crippen LogP contribution in [0.15, 0.2) is 42.0 Å². The van der Waals surface area contributed by atoms with Crippen LogP contribution in [0.25, 0.3) is 0 Å². The minimum Gasteiger partial charge on any atom is -0.389 e. The van der Waals surface area contributed by atoms with Gasteiger partial charge < -0.3 is 10.0 Å². The van der Waals surface area contributed by atoms with Gasteiger partial charge in [-0.05, 0) is 31.7 Å². The van der Waals surface area contributed by atoms with Crippen LogP contribution in [-0.2, 0) is 11.2 Å². The molecular weight excluding hydrogens is 310 g/mol. The molecule has 0 spiro atoms. The number of nitrogens with zero attached hydrogens (tertiary/aromatic N) is 1. The largest absolute Gasteiger partial charge is 0.389 e. The second-order valence-corrected chi connectivity index (χ2v) is 7.22. The molecule has 1 aromatic carbocycles. The van der Waals surface area contributed by atoms with Gasteiger partial charge in [-0.2, -0.15) is 0 Å². The average Bonchev–Trinajstić information content (AvgIpc) is 2.60. The number of carbonyl (C=O) groups is 1. The van der Waals surface area contributed by atoms with E-state index in [1.165, 1.54) is 19.3 Å². The van der Waals surface area contributed by atoms with Gasteiger partial charge in [-0.1, -0.05) is 68.2 Å². The lowest BCUT2D eigenvalue weighted by Gasteiger charge is -2.37. The molecule has 3 nitrogen and oxygen atoms in total. The molecule has 1 aliphatic rings. The van der Waals surface area contributed by atoms with Crippen molar-refractivity contribution in [2.45, 2.75) is 77.4 Å². The van der Waals surface area contributed by atoms with Crippen LogP contribution in [0.1, 0.15) is 64.4 Å². The van der Waals surface area contributed by atoms with E-state index in [-0.39, 0.29) is 11.9 Å². The molecule has 138 valence electrons. The second kappa shape index (κ2) is 10.4. The molecule has 1 aromatic rings. The van der Waals surface area contributed by atoms with E-state index in [4.69, 9.17) is 0 Å². The number of hydrogen-bond acceptors (Lipinski definition) is 2. The number of piperidine rings is 1. The van der Waals surface area contributed by atoms with Gasteiger partial charge in [0.2, 0.25) is 5.91 Å². The number of likely N-dealkylation sites (tertiary alicyclic amines) is 1. The van der Waals surface area contributed by atoms with Crippen molar-refractivity contribution in [2.24, 2.45) is 0 Å². The maximum absolute atomic E-state index is 12.4. The number of unbranched alkanes of at least 4 members (excludes halogenated alkanes) is 3. The van der Waals surface area contributed by atoms with Gasteiger partial charge in [-0.25, -0.2) is 0 Å². The first-order chi connectivity index (χ1) is 12.1. The third-order valence-corrected chi connectivity index (χ3v) is 5.09. The molecule has 0 saturated carbocycles. The molecule has 1 saturated heterocycles. The summed E-state index contributed by atoms with van der Waals surface area (Å²) in [6.07, 6.45) is 9.42. The van der Waals surface area contributed by atoms with E-state index in [0.29, 0.717) is 12.8 Å². The summed E-state index contributed by atoms with van der Waals surface area (Å²) >= 11 is 0.